The molecule has 42 heavy (non-hydrogen) atoms. The predicted molar refractivity (Wildman–Crippen MR) is 154 cm³/mol. The molecule has 1 aromatic heterocycles. The highest BCUT2D eigenvalue weighted by molar-refractivity contribution is 7.14. The summed E-state index contributed by atoms with van der Waals surface area (Å²) in [5.41, 5.74) is -0.0189. The Labute approximate surface area is 247 Å². The maximum absolute atomic E-state index is 12.8. The number of carbonyl (C=O) groups is 6. The number of esters is 1. The minimum atomic E-state index is -1.46. The van der Waals surface area contributed by atoms with Crippen LogP contribution < -0.4 is 26.6 Å². The number of anilines is 1. The molecule has 0 aliphatic heterocycles. The molecule has 0 saturated carbocycles. The average molecular weight is 605 g/mol. The first kappa shape index (κ1) is 33.7. The van der Waals surface area contributed by atoms with E-state index in [2.05, 4.69) is 31.6 Å². The molecule has 14 nitrogen and oxygen atoms in total. The number of thiazole rings is 1. The van der Waals surface area contributed by atoms with Crippen LogP contribution >= 0.6 is 11.3 Å². The quantitative estimate of drug-likeness (QED) is 0.184. The molecule has 1 heterocycles. The summed E-state index contributed by atoms with van der Waals surface area (Å²) < 4.78 is 5.23. The normalized spacial score (nSPS) is 12.4. The van der Waals surface area contributed by atoms with Gasteiger partial charge in [-0.2, -0.15) is 0 Å². The van der Waals surface area contributed by atoms with Crippen LogP contribution in [0, 0.1) is 5.92 Å². The third-order valence-corrected chi connectivity index (χ3v) is 6.09. The van der Waals surface area contributed by atoms with Crippen LogP contribution in [0.1, 0.15) is 57.1 Å². The van der Waals surface area contributed by atoms with Crippen molar-refractivity contribution in [1.82, 2.24) is 26.3 Å². The lowest BCUT2D eigenvalue weighted by Crippen LogP contribution is -2.55. The van der Waals surface area contributed by atoms with Crippen molar-refractivity contribution in [3.63, 3.8) is 0 Å². The number of carboxylic acids is 1. The minimum Gasteiger partial charge on any atom is -0.480 e. The second-order valence-corrected chi connectivity index (χ2v) is 11.4. The highest BCUT2D eigenvalue weighted by Crippen LogP contribution is 2.15. The SMILES string of the molecule is CC(C)C(NC(=O)C(CC(=O)OC(C)(C)C)NC(=O)CNC(=O)c1csc(NC(=O)NCc2ccccc2)n1)C(=O)O. The van der Waals surface area contributed by atoms with Gasteiger partial charge in [0.2, 0.25) is 11.8 Å². The second kappa shape index (κ2) is 15.5. The van der Waals surface area contributed by atoms with Crippen LogP contribution in [0.25, 0.3) is 0 Å². The molecule has 1 aromatic carbocycles. The molecule has 0 saturated heterocycles. The maximum atomic E-state index is 12.8. The third-order valence-electron chi connectivity index (χ3n) is 5.34. The Hall–Kier alpha value is -4.53. The van der Waals surface area contributed by atoms with E-state index in [4.69, 9.17) is 4.74 Å². The highest BCUT2D eigenvalue weighted by atomic mass is 32.1. The number of nitrogens with zero attached hydrogens (tertiary/aromatic N) is 1. The summed E-state index contributed by atoms with van der Waals surface area (Å²) in [6.07, 6.45) is -0.569. The first-order valence-corrected chi connectivity index (χ1v) is 13.9. The van der Waals surface area contributed by atoms with Crippen LogP contribution in [0.2, 0.25) is 0 Å². The Morgan fingerprint density at radius 3 is 2.26 bits per heavy atom. The van der Waals surface area contributed by atoms with Crippen molar-refractivity contribution in [3.05, 3.63) is 47.0 Å². The van der Waals surface area contributed by atoms with Crippen LogP contribution in [-0.2, 0) is 30.5 Å². The summed E-state index contributed by atoms with van der Waals surface area (Å²) in [5.74, 6) is -4.99. The predicted octanol–water partition coefficient (Wildman–Crippen LogP) is 1.64. The Morgan fingerprint density at radius 2 is 1.67 bits per heavy atom. The maximum Gasteiger partial charge on any atom is 0.326 e. The molecule has 0 fully saturated rings. The number of hydrogen-bond donors (Lipinski definition) is 6. The fourth-order valence-corrected chi connectivity index (χ4v) is 4.06. The zero-order chi connectivity index (χ0) is 31.4. The number of amides is 5. The molecule has 2 aromatic rings. The summed E-state index contributed by atoms with van der Waals surface area (Å²) in [4.78, 5) is 78.0. The van der Waals surface area contributed by atoms with Gasteiger partial charge in [0.05, 0.1) is 13.0 Å². The van der Waals surface area contributed by atoms with Crippen molar-refractivity contribution in [2.75, 3.05) is 11.9 Å². The first-order valence-electron chi connectivity index (χ1n) is 13.0. The van der Waals surface area contributed by atoms with E-state index in [9.17, 15) is 33.9 Å². The second-order valence-electron chi connectivity index (χ2n) is 10.5. The van der Waals surface area contributed by atoms with Gasteiger partial charge < -0.3 is 31.1 Å². The van der Waals surface area contributed by atoms with Gasteiger partial charge in [0.15, 0.2) is 5.13 Å². The van der Waals surface area contributed by atoms with E-state index in [1.807, 2.05) is 30.3 Å². The molecule has 0 spiro atoms. The first-order chi connectivity index (χ1) is 19.6. The number of urea groups is 1. The molecule has 0 aliphatic carbocycles. The van der Waals surface area contributed by atoms with Crippen molar-refractivity contribution in [3.8, 4) is 0 Å². The van der Waals surface area contributed by atoms with E-state index < -0.39 is 72.3 Å². The van der Waals surface area contributed by atoms with Crippen molar-refractivity contribution >= 4 is 52.2 Å². The van der Waals surface area contributed by atoms with Crippen LogP contribution in [-0.4, -0.2) is 70.0 Å². The van der Waals surface area contributed by atoms with Gasteiger partial charge in [-0.15, -0.1) is 11.3 Å². The Morgan fingerprint density at radius 1 is 1.00 bits per heavy atom. The molecule has 0 aliphatic rings. The van der Waals surface area contributed by atoms with Crippen LogP contribution in [0.15, 0.2) is 35.7 Å². The summed E-state index contributed by atoms with van der Waals surface area (Å²) >= 11 is 1.00. The molecule has 2 atom stereocenters. The smallest absolute Gasteiger partial charge is 0.326 e. The van der Waals surface area contributed by atoms with Gasteiger partial charge in [-0.25, -0.2) is 14.6 Å². The van der Waals surface area contributed by atoms with Gasteiger partial charge >= 0.3 is 18.0 Å². The highest BCUT2D eigenvalue weighted by Gasteiger charge is 2.31. The monoisotopic (exact) mass is 604 g/mol. The molecule has 5 amide bonds. The molecule has 6 N–H and O–H groups in total. The lowest BCUT2D eigenvalue weighted by Gasteiger charge is -2.25. The van der Waals surface area contributed by atoms with Gasteiger partial charge in [0.25, 0.3) is 5.91 Å². The number of aromatic nitrogens is 1. The lowest BCUT2D eigenvalue weighted by molar-refractivity contribution is -0.156. The fraction of sp³-hybridized carbons (Fsp3) is 0.444. The Bertz CT molecular complexity index is 1270. The van der Waals surface area contributed by atoms with Gasteiger partial charge in [-0.3, -0.25) is 24.5 Å². The van der Waals surface area contributed by atoms with Gasteiger partial charge in [0, 0.05) is 11.9 Å². The minimum absolute atomic E-state index is 0.0598. The zero-order valence-corrected chi connectivity index (χ0v) is 24.8. The van der Waals surface area contributed by atoms with E-state index >= 15 is 0 Å². The average Bonchev–Trinajstić information content (AvgIpc) is 3.36. The van der Waals surface area contributed by atoms with Crippen molar-refractivity contribution in [1.29, 1.82) is 0 Å². The fourth-order valence-electron chi connectivity index (χ4n) is 3.38. The standard InChI is InChI=1S/C27H36N6O8S/c1-15(2)21(24(38)39)32-23(37)17(11-20(35)41-27(3,4)5)30-19(34)13-28-22(36)18-14-42-26(31-18)33-25(40)29-12-16-9-7-6-8-10-16/h6-10,14-15,17,21H,11-13H2,1-5H3,(H,28,36)(H,30,34)(H,32,37)(H,38,39)(H2,29,31,33,40). The molecule has 15 heteroatoms. The number of carboxylic acid groups (broad SMARTS) is 1. The topological polar surface area (TPSA) is 205 Å². The van der Waals surface area contributed by atoms with Gasteiger partial charge in [-0.1, -0.05) is 44.2 Å². The third kappa shape index (κ3) is 11.9. The number of ether oxygens (including phenoxy) is 1. The number of hydrogen-bond acceptors (Lipinski definition) is 9. The molecule has 2 rings (SSSR count). The molecule has 0 radical (unpaired) electrons. The Balaban J connectivity index is 1.95. The number of rotatable bonds is 13. The van der Waals surface area contributed by atoms with E-state index in [1.54, 1.807) is 34.6 Å². The number of aliphatic carboxylic acids is 1. The van der Waals surface area contributed by atoms with Crippen LogP contribution in [0.3, 0.4) is 0 Å². The van der Waals surface area contributed by atoms with Crippen LogP contribution in [0.4, 0.5) is 9.93 Å². The van der Waals surface area contributed by atoms with Crippen molar-refractivity contribution in [2.24, 2.45) is 5.92 Å². The van der Waals surface area contributed by atoms with E-state index in [1.165, 1.54) is 5.38 Å². The van der Waals surface area contributed by atoms with Gasteiger partial charge in [-0.05, 0) is 32.3 Å². The van der Waals surface area contributed by atoms with E-state index in [0.29, 0.717) is 6.54 Å². The molecular weight excluding hydrogens is 568 g/mol. The molecule has 2 unspecified atom stereocenters. The van der Waals surface area contributed by atoms with Gasteiger partial charge in [0.1, 0.15) is 23.4 Å². The number of nitrogens with one attached hydrogen (secondary N) is 5. The number of benzene rings is 1. The number of carbonyl (C=O) groups excluding carboxylic acids is 5. The zero-order valence-electron chi connectivity index (χ0n) is 24.0. The van der Waals surface area contributed by atoms with E-state index in [0.717, 1.165) is 16.9 Å². The largest absolute Gasteiger partial charge is 0.480 e. The molecular formula is C27H36N6O8S. The van der Waals surface area contributed by atoms with E-state index in [-0.39, 0.29) is 10.8 Å². The summed E-state index contributed by atoms with van der Waals surface area (Å²) in [7, 11) is 0. The lowest BCUT2D eigenvalue weighted by atomic mass is 10.0. The molecule has 228 valence electrons. The summed E-state index contributed by atoms with van der Waals surface area (Å²) in [6, 6.07) is 6.02. The summed E-state index contributed by atoms with van der Waals surface area (Å²) in [6.45, 7) is 7.78. The Kier molecular flexibility index (Phi) is 12.4. The molecule has 0 bridgehead atoms. The summed E-state index contributed by atoms with van der Waals surface area (Å²) in [5, 5.41) is 23.1. The van der Waals surface area contributed by atoms with Crippen molar-refractivity contribution in [2.45, 2.75) is 65.3 Å². The van der Waals surface area contributed by atoms with Crippen LogP contribution in [0.5, 0.6) is 0 Å². The van der Waals surface area contributed by atoms with Crippen molar-refractivity contribution < 1.29 is 38.6 Å².